The van der Waals surface area contributed by atoms with E-state index in [9.17, 15) is 9.59 Å². The van der Waals surface area contributed by atoms with Crippen molar-refractivity contribution in [1.29, 1.82) is 0 Å². The van der Waals surface area contributed by atoms with Gasteiger partial charge >= 0.3 is 5.97 Å². The molecule has 1 N–H and O–H groups in total. The second kappa shape index (κ2) is 10.8. The standard InChI is InChI=1S/C30H29N3O4/c1-3-33-18-17-27-25(19-33)28(24-11-7-8-12-26(24)32-27)30(35)36-20(2)29(34)31-21-13-15-23(16-14-21)37-22-9-5-4-6-10-22/h4-16,20H,3,17-19H2,1-2H3,(H,31,34). The van der Waals surface area contributed by atoms with Crippen LogP contribution in [0.1, 0.15) is 35.5 Å². The fourth-order valence-electron chi connectivity index (χ4n) is 4.50. The van der Waals surface area contributed by atoms with E-state index in [4.69, 9.17) is 14.5 Å². The van der Waals surface area contributed by atoms with E-state index in [-0.39, 0.29) is 0 Å². The van der Waals surface area contributed by atoms with Crippen LogP contribution >= 0.6 is 0 Å². The van der Waals surface area contributed by atoms with Gasteiger partial charge in [-0.2, -0.15) is 0 Å². The Morgan fingerprint density at radius 1 is 0.973 bits per heavy atom. The number of nitrogens with zero attached hydrogens (tertiary/aromatic N) is 2. The minimum absolute atomic E-state index is 0.410. The van der Waals surface area contributed by atoms with Crippen molar-refractivity contribution in [3.8, 4) is 11.5 Å². The minimum Gasteiger partial charge on any atom is -0.457 e. The summed E-state index contributed by atoms with van der Waals surface area (Å²) in [6.07, 6.45) is -0.213. The molecule has 1 aromatic heterocycles. The Balaban J connectivity index is 1.30. The number of carbonyl (C=O) groups excluding carboxylic acids is 2. The first-order valence-corrected chi connectivity index (χ1v) is 12.5. The summed E-state index contributed by atoms with van der Waals surface area (Å²) in [5.41, 5.74) is 3.65. The molecule has 0 radical (unpaired) electrons. The van der Waals surface area contributed by atoms with E-state index in [0.29, 0.717) is 23.5 Å². The molecule has 2 heterocycles. The largest absolute Gasteiger partial charge is 0.457 e. The highest BCUT2D eigenvalue weighted by Gasteiger charge is 2.28. The number of hydrogen-bond acceptors (Lipinski definition) is 6. The average Bonchev–Trinajstić information content (AvgIpc) is 2.92. The molecule has 4 aromatic rings. The molecule has 1 aliphatic heterocycles. The Labute approximate surface area is 216 Å². The molecule has 3 aromatic carbocycles. The van der Waals surface area contributed by atoms with Gasteiger partial charge < -0.3 is 14.8 Å². The molecule has 0 bridgehead atoms. The molecule has 188 valence electrons. The van der Waals surface area contributed by atoms with Gasteiger partial charge in [-0.05, 0) is 55.9 Å². The first kappa shape index (κ1) is 24.5. The molecule has 37 heavy (non-hydrogen) atoms. The molecule has 0 aliphatic carbocycles. The molecule has 7 nitrogen and oxygen atoms in total. The Bertz CT molecular complexity index is 1420. The number of benzene rings is 3. The van der Waals surface area contributed by atoms with E-state index < -0.39 is 18.0 Å². The molecule has 5 rings (SSSR count). The third-order valence-corrected chi connectivity index (χ3v) is 6.53. The van der Waals surface area contributed by atoms with E-state index in [1.54, 1.807) is 31.2 Å². The highest BCUT2D eigenvalue weighted by Crippen LogP contribution is 2.29. The minimum atomic E-state index is -0.985. The highest BCUT2D eigenvalue weighted by atomic mass is 16.5. The number of amides is 1. The molecular formula is C30H29N3O4. The summed E-state index contributed by atoms with van der Waals surface area (Å²) in [5.74, 6) is 0.460. The molecule has 0 spiro atoms. The van der Waals surface area contributed by atoms with Crippen molar-refractivity contribution in [2.24, 2.45) is 0 Å². The van der Waals surface area contributed by atoms with E-state index in [1.807, 2.05) is 54.6 Å². The van der Waals surface area contributed by atoms with E-state index >= 15 is 0 Å². The normalized spacial score (nSPS) is 14.0. The summed E-state index contributed by atoms with van der Waals surface area (Å²) in [7, 11) is 0. The van der Waals surface area contributed by atoms with Gasteiger partial charge in [-0.1, -0.05) is 43.3 Å². The number of esters is 1. The molecule has 0 saturated heterocycles. The lowest BCUT2D eigenvalue weighted by molar-refractivity contribution is -0.123. The summed E-state index contributed by atoms with van der Waals surface area (Å²) in [4.78, 5) is 33.4. The third kappa shape index (κ3) is 5.47. The summed E-state index contributed by atoms with van der Waals surface area (Å²) >= 11 is 0. The molecule has 1 aliphatic rings. The van der Waals surface area contributed by atoms with Crippen LogP contribution in [-0.4, -0.2) is 41.0 Å². The molecular weight excluding hydrogens is 466 g/mol. The van der Waals surface area contributed by atoms with Gasteiger partial charge in [0.1, 0.15) is 11.5 Å². The molecule has 1 atom stereocenters. The lowest BCUT2D eigenvalue weighted by Gasteiger charge is -2.29. The predicted octanol–water partition coefficient (Wildman–Crippen LogP) is 5.59. The average molecular weight is 496 g/mol. The van der Waals surface area contributed by atoms with E-state index in [0.717, 1.165) is 47.4 Å². The zero-order valence-electron chi connectivity index (χ0n) is 20.9. The lowest BCUT2D eigenvalue weighted by Crippen LogP contribution is -2.34. The van der Waals surface area contributed by atoms with Crippen LogP contribution in [0, 0.1) is 0 Å². The van der Waals surface area contributed by atoms with Crippen LogP contribution in [0.25, 0.3) is 10.9 Å². The zero-order valence-corrected chi connectivity index (χ0v) is 20.9. The van der Waals surface area contributed by atoms with Crippen LogP contribution in [0.2, 0.25) is 0 Å². The van der Waals surface area contributed by atoms with Crippen molar-refractivity contribution in [1.82, 2.24) is 9.88 Å². The summed E-state index contributed by atoms with van der Waals surface area (Å²) < 4.78 is 11.5. The topological polar surface area (TPSA) is 80.8 Å². The predicted molar refractivity (Wildman–Crippen MR) is 143 cm³/mol. The van der Waals surface area contributed by atoms with Gasteiger partial charge in [0.15, 0.2) is 6.10 Å². The van der Waals surface area contributed by atoms with E-state index in [1.165, 1.54) is 0 Å². The SMILES string of the molecule is CCN1CCc2nc3ccccc3c(C(=O)OC(C)C(=O)Nc3ccc(Oc4ccccc4)cc3)c2C1. The van der Waals surface area contributed by atoms with Crippen molar-refractivity contribution < 1.29 is 19.1 Å². The van der Waals surface area contributed by atoms with Gasteiger partial charge in [-0.15, -0.1) is 0 Å². The summed E-state index contributed by atoms with van der Waals surface area (Å²) in [5, 5.41) is 3.55. The smallest absolute Gasteiger partial charge is 0.339 e. The van der Waals surface area contributed by atoms with Gasteiger partial charge in [0.25, 0.3) is 5.91 Å². The zero-order chi connectivity index (χ0) is 25.8. The second-order valence-electron chi connectivity index (χ2n) is 9.02. The van der Waals surface area contributed by atoms with Crippen molar-refractivity contribution in [2.75, 3.05) is 18.4 Å². The Kier molecular flexibility index (Phi) is 7.14. The maximum atomic E-state index is 13.4. The Morgan fingerprint density at radius 2 is 1.68 bits per heavy atom. The number of carbonyl (C=O) groups is 2. The lowest BCUT2D eigenvalue weighted by atomic mass is 9.95. The van der Waals surface area contributed by atoms with E-state index in [2.05, 4.69) is 17.1 Å². The number of likely N-dealkylation sites (N-methyl/N-ethyl adjacent to an activating group) is 1. The third-order valence-electron chi connectivity index (χ3n) is 6.53. The van der Waals surface area contributed by atoms with Crippen LogP contribution in [-0.2, 0) is 22.5 Å². The summed E-state index contributed by atoms with van der Waals surface area (Å²) in [6.45, 7) is 6.09. The summed E-state index contributed by atoms with van der Waals surface area (Å²) in [6, 6.07) is 24.1. The number of nitrogens with one attached hydrogen (secondary N) is 1. The highest BCUT2D eigenvalue weighted by molar-refractivity contribution is 6.06. The van der Waals surface area contributed by atoms with Gasteiger partial charge in [0.05, 0.1) is 11.1 Å². The first-order chi connectivity index (χ1) is 18.0. The van der Waals surface area contributed by atoms with Crippen molar-refractivity contribution >= 4 is 28.5 Å². The first-order valence-electron chi connectivity index (χ1n) is 12.5. The maximum Gasteiger partial charge on any atom is 0.339 e. The molecule has 0 fully saturated rings. The van der Waals surface area contributed by atoms with Gasteiger partial charge in [0, 0.05) is 41.8 Å². The number of anilines is 1. The van der Waals surface area contributed by atoms with Crippen LogP contribution in [0.4, 0.5) is 5.69 Å². The number of fused-ring (bicyclic) bond motifs is 2. The number of rotatable bonds is 7. The second-order valence-corrected chi connectivity index (χ2v) is 9.02. The number of ether oxygens (including phenoxy) is 2. The maximum absolute atomic E-state index is 13.4. The quantitative estimate of drug-likeness (QED) is 0.337. The van der Waals surface area contributed by atoms with Crippen molar-refractivity contribution in [3.63, 3.8) is 0 Å². The molecule has 7 heteroatoms. The van der Waals surface area contributed by atoms with Crippen LogP contribution in [0.5, 0.6) is 11.5 Å². The van der Waals surface area contributed by atoms with Gasteiger partial charge in [-0.3, -0.25) is 14.7 Å². The molecule has 1 amide bonds. The van der Waals surface area contributed by atoms with Crippen molar-refractivity contribution in [2.45, 2.75) is 32.9 Å². The number of aromatic nitrogens is 1. The van der Waals surface area contributed by atoms with Crippen LogP contribution in [0.15, 0.2) is 78.9 Å². The fourth-order valence-corrected chi connectivity index (χ4v) is 4.50. The van der Waals surface area contributed by atoms with Crippen LogP contribution < -0.4 is 10.1 Å². The Morgan fingerprint density at radius 3 is 2.43 bits per heavy atom. The Hall–Kier alpha value is -4.23. The van der Waals surface area contributed by atoms with Gasteiger partial charge in [0.2, 0.25) is 0 Å². The number of pyridine rings is 1. The fraction of sp³-hybridized carbons (Fsp3) is 0.233. The van der Waals surface area contributed by atoms with Crippen LogP contribution in [0.3, 0.4) is 0 Å². The number of hydrogen-bond donors (Lipinski definition) is 1. The monoisotopic (exact) mass is 495 g/mol. The molecule has 0 saturated carbocycles. The molecule has 1 unspecified atom stereocenters. The van der Waals surface area contributed by atoms with Gasteiger partial charge in [-0.25, -0.2) is 4.79 Å². The van der Waals surface area contributed by atoms with Crippen molar-refractivity contribution in [3.05, 3.63) is 95.7 Å². The number of para-hydroxylation sites is 2.